The average Bonchev–Trinajstić information content (AvgIpc) is 2.61. The third kappa shape index (κ3) is 6.33. The maximum absolute atomic E-state index is 13.6. The van der Waals surface area contributed by atoms with Crippen molar-refractivity contribution in [2.45, 2.75) is 57.7 Å². The topological polar surface area (TPSA) is 60.1 Å². The number of hydrogen-bond donors (Lipinski definition) is 1. The first-order valence-corrected chi connectivity index (χ1v) is 12.7. The Balaban J connectivity index is 2.18. The minimum atomic E-state index is -4.57. The van der Waals surface area contributed by atoms with E-state index in [1.807, 2.05) is 20.8 Å². The molecule has 0 saturated heterocycles. The van der Waals surface area contributed by atoms with E-state index in [1.54, 1.807) is 48.3 Å². The second-order valence-corrected chi connectivity index (χ2v) is 13.7. The number of aromatic nitrogens is 2. The van der Waals surface area contributed by atoms with E-state index in [4.69, 9.17) is 26.2 Å². The number of nitrogens with zero attached hydrogens (tertiary/aromatic N) is 2. The standard InChI is InChI=1S/C20H27ClF3N3O2Si/c1-19(2,3)30(4,5)29-16(20(22,23)24)13-28-15-7-6-10-27(18(15)25)12-14-8-9-17(21)26-11-14/h6-11,16,25H,12-13H2,1-5H3. The van der Waals surface area contributed by atoms with Gasteiger partial charge >= 0.3 is 6.18 Å². The van der Waals surface area contributed by atoms with Crippen LogP contribution in [0, 0.1) is 5.41 Å². The molecule has 0 saturated carbocycles. The highest BCUT2D eigenvalue weighted by Crippen LogP contribution is 2.39. The minimum absolute atomic E-state index is 0.0410. The van der Waals surface area contributed by atoms with Gasteiger partial charge in [-0.2, -0.15) is 13.2 Å². The molecular formula is C20H27ClF3N3O2Si. The van der Waals surface area contributed by atoms with E-state index in [-0.39, 0.29) is 16.3 Å². The molecule has 0 aromatic carbocycles. The van der Waals surface area contributed by atoms with Gasteiger partial charge in [-0.1, -0.05) is 38.4 Å². The number of ether oxygens (including phenoxy) is 1. The number of hydrogen-bond acceptors (Lipinski definition) is 4. The molecule has 0 spiro atoms. The highest BCUT2D eigenvalue weighted by molar-refractivity contribution is 6.74. The van der Waals surface area contributed by atoms with Crippen LogP contribution in [0.15, 0.2) is 36.7 Å². The van der Waals surface area contributed by atoms with Crippen LogP contribution in [0.4, 0.5) is 13.2 Å². The molecule has 0 fully saturated rings. The van der Waals surface area contributed by atoms with Crippen molar-refractivity contribution < 1.29 is 22.3 Å². The Bertz CT molecular complexity index is 909. The Labute approximate surface area is 180 Å². The van der Waals surface area contributed by atoms with Crippen molar-refractivity contribution in [3.05, 3.63) is 52.9 Å². The summed E-state index contributed by atoms with van der Waals surface area (Å²) in [7, 11) is -2.67. The second kappa shape index (κ2) is 9.11. The van der Waals surface area contributed by atoms with Gasteiger partial charge in [0.05, 0.1) is 6.54 Å². The fourth-order valence-electron chi connectivity index (χ4n) is 2.37. The molecule has 0 bridgehead atoms. The lowest BCUT2D eigenvalue weighted by molar-refractivity contribution is -0.205. The zero-order valence-electron chi connectivity index (χ0n) is 17.7. The molecule has 2 aromatic heterocycles. The van der Waals surface area contributed by atoms with Gasteiger partial charge in [-0.05, 0) is 41.9 Å². The van der Waals surface area contributed by atoms with Gasteiger partial charge in [-0.25, -0.2) is 4.98 Å². The maximum atomic E-state index is 13.6. The van der Waals surface area contributed by atoms with Crippen LogP contribution in [0.25, 0.3) is 0 Å². The third-order valence-corrected chi connectivity index (χ3v) is 9.88. The minimum Gasteiger partial charge on any atom is -0.487 e. The predicted molar refractivity (Wildman–Crippen MR) is 112 cm³/mol. The summed E-state index contributed by atoms with van der Waals surface area (Å²) < 4.78 is 53.3. The van der Waals surface area contributed by atoms with Crippen LogP contribution in [0.3, 0.4) is 0 Å². The summed E-state index contributed by atoms with van der Waals surface area (Å²) in [5.41, 5.74) is 0.755. The van der Waals surface area contributed by atoms with Gasteiger partial charge in [-0.15, -0.1) is 0 Å². The fraction of sp³-hybridized carbons (Fsp3) is 0.500. The highest BCUT2D eigenvalue weighted by atomic mass is 35.5. The summed E-state index contributed by atoms with van der Waals surface area (Å²) in [6.07, 6.45) is -3.41. The van der Waals surface area contributed by atoms with Gasteiger partial charge in [0.1, 0.15) is 11.8 Å². The summed E-state index contributed by atoms with van der Waals surface area (Å²) in [6, 6.07) is 6.49. The van der Waals surface area contributed by atoms with Gasteiger partial charge in [-0.3, -0.25) is 5.41 Å². The average molecular weight is 462 g/mol. The van der Waals surface area contributed by atoms with Crippen molar-refractivity contribution in [2.75, 3.05) is 6.61 Å². The third-order valence-electron chi connectivity index (χ3n) is 5.17. The van der Waals surface area contributed by atoms with Gasteiger partial charge in [0.15, 0.2) is 25.7 Å². The number of pyridine rings is 2. The normalized spacial score (nSPS) is 13.9. The summed E-state index contributed by atoms with van der Waals surface area (Å²) in [5.74, 6) is 0.0486. The van der Waals surface area contributed by atoms with Gasteiger partial charge in [0, 0.05) is 12.4 Å². The predicted octanol–water partition coefficient (Wildman–Crippen LogP) is 5.40. The van der Waals surface area contributed by atoms with Crippen molar-refractivity contribution in [2.24, 2.45) is 0 Å². The van der Waals surface area contributed by atoms with Crippen LogP contribution in [-0.4, -0.2) is 36.8 Å². The summed E-state index contributed by atoms with van der Waals surface area (Å²) in [5, 5.41) is 8.27. The van der Waals surface area contributed by atoms with E-state index in [9.17, 15) is 13.2 Å². The number of halogens is 4. The van der Waals surface area contributed by atoms with Crippen molar-refractivity contribution in [1.29, 1.82) is 5.41 Å². The van der Waals surface area contributed by atoms with Gasteiger partial charge in [0.25, 0.3) is 0 Å². The first-order valence-electron chi connectivity index (χ1n) is 9.42. The zero-order chi connectivity index (χ0) is 22.7. The first-order chi connectivity index (χ1) is 13.7. The molecule has 2 heterocycles. The molecule has 0 aliphatic rings. The van der Waals surface area contributed by atoms with Crippen LogP contribution in [0.5, 0.6) is 5.75 Å². The Morgan fingerprint density at radius 1 is 1.20 bits per heavy atom. The monoisotopic (exact) mass is 461 g/mol. The lowest BCUT2D eigenvalue weighted by Gasteiger charge is -2.39. The number of alkyl halides is 3. The molecule has 0 radical (unpaired) electrons. The molecule has 166 valence electrons. The first kappa shape index (κ1) is 24.4. The number of rotatable bonds is 7. The van der Waals surface area contributed by atoms with E-state index in [2.05, 4.69) is 4.98 Å². The molecule has 1 N–H and O–H groups in total. The van der Waals surface area contributed by atoms with E-state index >= 15 is 0 Å². The molecule has 2 rings (SSSR count). The summed E-state index contributed by atoms with van der Waals surface area (Å²) in [6.45, 7) is 8.75. The van der Waals surface area contributed by atoms with Crippen LogP contribution >= 0.6 is 11.6 Å². The maximum Gasteiger partial charge on any atom is 0.416 e. The van der Waals surface area contributed by atoms with E-state index < -0.39 is 27.2 Å². The fourth-order valence-corrected chi connectivity index (χ4v) is 3.75. The van der Waals surface area contributed by atoms with Crippen LogP contribution in [0.2, 0.25) is 23.3 Å². The molecule has 0 aliphatic heterocycles. The molecule has 0 aliphatic carbocycles. The second-order valence-electron chi connectivity index (χ2n) is 8.56. The van der Waals surface area contributed by atoms with Crippen LogP contribution < -0.4 is 10.2 Å². The van der Waals surface area contributed by atoms with E-state index in [1.165, 1.54) is 6.07 Å². The zero-order valence-corrected chi connectivity index (χ0v) is 19.4. The Hall–Kier alpha value is -1.84. The molecule has 10 heteroatoms. The summed E-state index contributed by atoms with van der Waals surface area (Å²) in [4.78, 5) is 3.99. The lowest BCUT2D eigenvalue weighted by Crippen LogP contribution is -2.50. The SMILES string of the molecule is CC(C)(C)[Si](C)(C)OC(COc1cccn(Cc2ccc(Cl)nc2)c1=N)C(F)(F)F. The number of nitrogens with one attached hydrogen (secondary N) is 1. The van der Waals surface area contributed by atoms with Gasteiger partial charge < -0.3 is 13.7 Å². The van der Waals surface area contributed by atoms with Crippen molar-refractivity contribution in [1.82, 2.24) is 9.55 Å². The Morgan fingerprint density at radius 3 is 2.40 bits per heavy atom. The quantitative estimate of drug-likeness (QED) is 0.444. The van der Waals surface area contributed by atoms with Crippen molar-refractivity contribution in [3.63, 3.8) is 0 Å². The molecular weight excluding hydrogens is 435 g/mol. The molecule has 1 unspecified atom stereocenters. The summed E-state index contributed by atoms with van der Waals surface area (Å²) >= 11 is 5.78. The van der Waals surface area contributed by atoms with Crippen LogP contribution in [-0.2, 0) is 11.0 Å². The molecule has 30 heavy (non-hydrogen) atoms. The Kier molecular flexibility index (Phi) is 7.42. The smallest absolute Gasteiger partial charge is 0.416 e. The molecule has 1 atom stereocenters. The largest absolute Gasteiger partial charge is 0.487 e. The lowest BCUT2D eigenvalue weighted by atomic mass is 10.2. The van der Waals surface area contributed by atoms with E-state index in [0.29, 0.717) is 11.7 Å². The van der Waals surface area contributed by atoms with Crippen molar-refractivity contribution in [3.8, 4) is 5.75 Å². The van der Waals surface area contributed by atoms with E-state index in [0.717, 1.165) is 5.56 Å². The Morgan fingerprint density at radius 2 is 1.87 bits per heavy atom. The van der Waals surface area contributed by atoms with Crippen LogP contribution in [0.1, 0.15) is 26.3 Å². The highest BCUT2D eigenvalue weighted by Gasteiger charge is 2.48. The van der Waals surface area contributed by atoms with Crippen molar-refractivity contribution >= 4 is 19.9 Å². The van der Waals surface area contributed by atoms with Gasteiger partial charge in [0.2, 0.25) is 0 Å². The molecule has 5 nitrogen and oxygen atoms in total. The molecule has 2 aromatic rings. The molecule has 0 amide bonds.